The Morgan fingerprint density at radius 3 is 2.80 bits per heavy atom. The monoisotopic (exact) mass is 269 g/mol. The van der Waals surface area contributed by atoms with Gasteiger partial charge in [0.1, 0.15) is 0 Å². The molecule has 0 saturated carbocycles. The third kappa shape index (κ3) is 1.89. The molecule has 1 heterocycles. The maximum atomic E-state index is 10.2. The highest BCUT2D eigenvalue weighted by atomic mass is 79.9. The molecule has 1 atom stereocenters. The van der Waals surface area contributed by atoms with Crippen LogP contribution in [0.4, 0.5) is 0 Å². The molecule has 1 unspecified atom stereocenters. The Hall–Kier alpha value is -1.32. The Labute approximate surface area is 95.0 Å². The zero-order chi connectivity index (χ0) is 10.8. The molecule has 0 spiro atoms. The van der Waals surface area contributed by atoms with E-state index in [-0.39, 0.29) is 12.8 Å². The van der Waals surface area contributed by atoms with Crippen molar-refractivity contribution < 1.29 is 14.3 Å². The Morgan fingerprint density at radius 2 is 2.13 bits per heavy atom. The minimum absolute atomic E-state index is 0.233. The second-order valence-corrected chi connectivity index (χ2v) is 3.98. The van der Waals surface area contributed by atoms with Crippen LogP contribution >= 0.6 is 15.9 Å². The number of isocyanates is 1. The summed E-state index contributed by atoms with van der Waals surface area (Å²) in [6.07, 6.45) is 1.54. The average molecular weight is 270 g/mol. The minimum Gasteiger partial charge on any atom is -0.454 e. The van der Waals surface area contributed by atoms with Crippen molar-refractivity contribution in [1.82, 2.24) is 0 Å². The Balaban J connectivity index is 2.44. The standard InChI is InChI=1S/C10H8BrNO3/c1-6(12-4-13)7-2-9-10(3-8(7)11)15-5-14-9/h2-3,6H,5H2,1H3. The van der Waals surface area contributed by atoms with Crippen molar-refractivity contribution >= 4 is 22.0 Å². The second-order valence-electron chi connectivity index (χ2n) is 3.12. The molecule has 0 N–H and O–H groups in total. The molecule has 15 heavy (non-hydrogen) atoms. The summed E-state index contributed by atoms with van der Waals surface area (Å²) in [5, 5.41) is 0. The van der Waals surface area contributed by atoms with Crippen LogP contribution in [0, 0.1) is 0 Å². The highest BCUT2D eigenvalue weighted by Gasteiger charge is 2.18. The number of carbonyl (C=O) groups excluding carboxylic acids is 1. The number of benzene rings is 1. The van der Waals surface area contributed by atoms with Gasteiger partial charge < -0.3 is 9.47 Å². The number of fused-ring (bicyclic) bond motifs is 1. The summed E-state index contributed by atoms with van der Waals surface area (Å²) < 4.78 is 11.3. The Bertz CT molecular complexity index is 441. The van der Waals surface area contributed by atoms with Crippen LogP contribution in [0.2, 0.25) is 0 Å². The van der Waals surface area contributed by atoms with E-state index in [1.807, 2.05) is 19.1 Å². The third-order valence-corrected chi connectivity index (χ3v) is 2.88. The Morgan fingerprint density at radius 1 is 1.47 bits per heavy atom. The van der Waals surface area contributed by atoms with Gasteiger partial charge in [0.15, 0.2) is 11.5 Å². The van der Waals surface area contributed by atoms with Gasteiger partial charge in [-0.2, -0.15) is 4.99 Å². The van der Waals surface area contributed by atoms with Gasteiger partial charge in [0, 0.05) is 4.47 Å². The van der Waals surface area contributed by atoms with Crippen LogP contribution < -0.4 is 9.47 Å². The molecule has 0 amide bonds. The summed E-state index contributed by atoms with van der Waals surface area (Å²) in [6.45, 7) is 2.05. The van der Waals surface area contributed by atoms with E-state index < -0.39 is 0 Å². The molecule has 0 aromatic heterocycles. The second kappa shape index (κ2) is 4.04. The average Bonchev–Trinajstić information content (AvgIpc) is 2.63. The van der Waals surface area contributed by atoms with Crippen molar-refractivity contribution in [3.8, 4) is 11.5 Å². The fourth-order valence-electron chi connectivity index (χ4n) is 1.40. The van der Waals surface area contributed by atoms with Crippen molar-refractivity contribution in [1.29, 1.82) is 0 Å². The zero-order valence-electron chi connectivity index (χ0n) is 7.99. The van der Waals surface area contributed by atoms with Crippen LogP contribution in [-0.2, 0) is 4.79 Å². The topological polar surface area (TPSA) is 47.9 Å². The van der Waals surface area contributed by atoms with Gasteiger partial charge in [-0.05, 0) is 24.6 Å². The normalized spacial score (nSPS) is 14.5. The van der Waals surface area contributed by atoms with Gasteiger partial charge in [-0.15, -0.1) is 0 Å². The fraction of sp³-hybridized carbons (Fsp3) is 0.300. The SMILES string of the molecule is CC(N=C=O)c1cc2c(cc1Br)OCO2. The molecular weight excluding hydrogens is 262 g/mol. The number of ether oxygens (including phenoxy) is 2. The van der Waals surface area contributed by atoms with E-state index in [9.17, 15) is 4.79 Å². The molecule has 2 rings (SSSR count). The number of rotatable bonds is 2. The van der Waals surface area contributed by atoms with Crippen LogP contribution in [0.5, 0.6) is 11.5 Å². The van der Waals surface area contributed by atoms with E-state index in [2.05, 4.69) is 20.9 Å². The number of hydrogen-bond acceptors (Lipinski definition) is 4. The van der Waals surface area contributed by atoms with Crippen LogP contribution in [-0.4, -0.2) is 12.9 Å². The zero-order valence-corrected chi connectivity index (χ0v) is 9.58. The molecular formula is C10H8BrNO3. The molecule has 0 aliphatic carbocycles. The van der Waals surface area contributed by atoms with Crippen LogP contribution in [0.1, 0.15) is 18.5 Å². The molecule has 1 aliphatic heterocycles. The van der Waals surface area contributed by atoms with E-state index >= 15 is 0 Å². The molecule has 0 fully saturated rings. The van der Waals surface area contributed by atoms with Gasteiger partial charge in [0.25, 0.3) is 0 Å². The third-order valence-electron chi connectivity index (χ3n) is 2.19. The van der Waals surface area contributed by atoms with Crippen molar-refractivity contribution in [2.24, 2.45) is 4.99 Å². The predicted octanol–water partition coefficient (Wildman–Crippen LogP) is 2.57. The van der Waals surface area contributed by atoms with E-state index in [4.69, 9.17) is 9.47 Å². The molecule has 4 nitrogen and oxygen atoms in total. The first-order valence-electron chi connectivity index (χ1n) is 4.38. The molecule has 0 saturated heterocycles. The summed E-state index contributed by atoms with van der Waals surface area (Å²) in [4.78, 5) is 13.8. The molecule has 78 valence electrons. The fourth-order valence-corrected chi connectivity index (χ4v) is 2.06. The van der Waals surface area contributed by atoms with Gasteiger partial charge >= 0.3 is 0 Å². The maximum absolute atomic E-state index is 10.2. The summed E-state index contributed by atoms with van der Waals surface area (Å²) in [6, 6.07) is 3.39. The minimum atomic E-state index is -0.244. The molecule has 1 aromatic rings. The maximum Gasteiger partial charge on any atom is 0.235 e. The smallest absolute Gasteiger partial charge is 0.235 e. The number of nitrogens with zero attached hydrogens (tertiary/aromatic N) is 1. The highest BCUT2D eigenvalue weighted by molar-refractivity contribution is 9.10. The summed E-state index contributed by atoms with van der Waals surface area (Å²) in [5.41, 5.74) is 0.877. The number of hydrogen-bond donors (Lipinski definition) is 0. The van der Waals surface area contributed by atoms with Crippen LogP contribution in [0.3, 0.4) is 0 Å². The quantitative estimate of drug-likeness (QED) is 0.613. The lowest BCUT2D eigenvalue weighted by Crippen LogP contribution is -1.93. The van der Waals surface area contributed by atoms with E-state index in [0.29, 0.717) is 11.5 Å². The van der Waals surface area contributed by atoms with Crippen LogP contribution in [0.25, 0.3) is 0 Å². The van der Waals surface area contributed by atoms with E-state index in [0.717, 1.165) is 10.0 Å². The van der Waals surface area contributed by atoms with E-state index in [1.54, 1.807) is 6.08 Å². The summed E-state index contributed by atoms with van der Waals surface area (Å²) in [7, 11) is 0. The Kier molecular flexibility index (Phi) is 2.75. The largest absolute Gasteiger partial charge is 0.454 e. The van der Waals surface area contributed by atoms with Gasteiger partial charge in [-0.3, -0.25) is 0 Å². The lowest BCUT2D eigenvalue weighted by atomic mass is 10.1. The van der Waals surface area contributed by atoms with E-state index in [1.165, 1.54) is 0 Å². The van der Waals surface area contributed by atoms with Crippen molar-refractivity contribution in [3.05, 3.63) is 22.2 Å². The first kappa shape index (κ1) is 10.2. The van der Waals surface area contributed by atoms with Crippen LogP contribution in [0.15, 0.2) is 21.6 Å². The molecule has 0 radical (unpaired) electrons. The highest BCUT2D eigenvalue weighted by Crippen LogP contribution is 2.39. The van der Waals surface area contributed by atoms with Crippen molar-refractivity contribution in [2.75, 3.05) is 6.79 Å². The molecule has 1 aromatic carbocycles. The molecule has 0 bridgehead atoms. The number of halogens is 1. The number of aliphatic imine (C=N–C) groups is 1. The summed E-state index contributed by atoms with van der Waals surface area (Å²) in [5.74, 6) is 1.38. The van der Waals surface area contributed by atoms with Gasteiger partial charge in [0.05, 0.1) is 6.04 Å². The van der Waals surface area contributed by atoms with Gasteiger partial charge in [-0.1, -0.05) is 15.9 Å². The molecule has 1 aliphatic rings. The first-order valence-corrected chi connectivity index (χ1v) is 5.17. The predicted molar refractivity (Wildman–Crippen MR) is 56.8 cm³/mol. The van der Waals surface area contributed by atoms with Gasteiger partial charge in [0.2, 0.25) is 12.9 Å². The van der Waals surface area contributed by atoms with Crippen molar-refractivity contribution in [3.63, 3.8) is 0 Å². The van der Waals surface area contributed by atoms with Crippen molar-refractivity contribution in [2.45, 2.75) is 13.0 Å². The first-order chi connectivity index (χ1) is 7.22. The summed E-state index contributed by atoms with van der Waals surface area (Å²) >= 11 is 3.40. The lowest BCUT2D eigenvalue weighted by Gasteiger charge is -2.08. The lowest BCUT2D eigenvalue weighted by molar-refractivity contribution is 0.174. The van der Waals surface area contributed by atoms with Gasteiger partial charge in [-0.25, -0.2) is 4.79 Å². The molecule has 5 heteroatoms.